The Labute approximate surface area is 194 Å². The highest BCUT2D eigenvalue weighted by Crippen LogP contribution is 2.23. The highest BCUT2D eigenvalue weighted by atomic mass is 28.5. The molecule has 1 fully saturated rings. The molecule has 3 N–H and O–H groups in total. The molecule has 13 heteroatoms. The summed E-state index contributed by atoms with van der Waals surface area (Å²) in [4.78, 5) is 23.9. The van der Waals surface area contributed by atoms with Crippen LogP contribution in [0.4, 0.5) is 0 Å². The molecule has 1 radical (unpaired) electrons. The van der Waals surface area contributed by atoms with Gasteiger partial charge in [0.25, 0.3) is 0 Å². The number of hydrogen-bond donors (Lipinski definition) is 3. The number of cyclic esters (lactones) is 1. The molecule has 0 aromatic heterocycles. The first-order valence-electron chi connectivity index (χ1n) is 10.8. The predicted octanol–water partition coefficient (Wildman–Crippen LogP) is 0.424. The number of aliphatic hydroxyl groups is 3. The molecular formula is C19H39O10Si3. The minimum absolute atomic E-state index is 0.0509. The lowest BCUT2D eigenvalue weighted by Gasteiger charge is -2.36. The van der Waals surface area contributed by atoms with E-state index in [-0.39, 0.29) is 25.7 Å². The number of esters is 1. The number of Topliss-reactive ketones (excluding diaryl/α,β-unsaturated/α-hetero) is 1. The van der Waals surface area contributed by atoms with Gasteiger partial charge in [0.1, 0.15) is 6.10 Å². The van der Waals surface area contributed by atoms with Gasteiger partial charge in [-0.2, -0.15) is 0 Å². The number of carbonyl (C=O) groups excluding carboxylic acids is 2. The summed E-state index contributed by atoms with van der Waals surface area (Å²) in [6.07, 6.45) is -5.03. The van der Waals surface area contributed by atoms with Gasteiger partial charge >= 0.3 is 14.5 Å². The van der Waals surface area contributed by atoms with Gasteiger partial charge in [-0.1, -0.05) is 6.92 Å². The standard InChI is InChI=1S/C19H39O10Si3/c1-13(10-26-18-16(23)17(15(22)8-20)27-19(18)24)9-25-11-14(21)12-32(7,28-30(2)3)29-31(4,5)6/h13-15,17-18,20-22H,8-12H2,1-7H3. The van der Waals surface area contributed by atoms with Gasteiger partial charge < -0.3 is 37.8 Å². The number of rotatable bonds is 15. The molecule has 187 valence electrons. The molecule has 0 aliphatic carbocycles. The molecule has 1 aliphatic heterocycles. The van der Waals surface area contributed by atoms with Crippen LogP contribution in [0.25, 0.3) is 0 Å². The molecule has 0 amide bonds. The summed E-state index contributed by atoms with van der Waals surface area (Å²) in [5.41, 5.74) is 0. The van der Waals surface area contributed by atoms with E-state index in [0.717, 1.165) is 0 Å². The molecule has 1 saturated heterocycles. The molecule has 0 aromatic carbocycles. The van der Waals surface area contributed by atoms with E-state index in [4.69, 9.17) is 27.5 Å². The van der Waals surface area contributed by atoms with Gasteiger partial charge in [0.2, 0.25) is 11.9 Å². The summed E-state index contributed by atoms with van der Waals surface area (Å²) in [6.45, 7) is 13.9. The quantitative estimate of drug-likeness (QED) is 0.161. The normalized spacial score (nSPS) is 24.3. The Balaban J connectivity index is 2.44. The molecule has 0 aromatic rings. The van der Waals surface area contributed by atoms with Crippen molar-refractivity contribution in [2.75, 3.05) is 26.4 Å². The van der Waals surface area contributed by atoms with Crippen molar-refractivity contribution in [3.63, 3.8) is 0 Å². The van der Waals surface area contributed by atoms with Crippen LogP contribution in [0.5, 0.6) is 0 Å². The smallest absolute Gasteiger partial charge is 0.344 e. The van der Waals surface area contributed by atoms with Crippen LogP contribution in [-0.4, -0.2) is 104 Å². The Morgan fingerprint density at radius 2 is 1.72 bits per heavy atom. The fourth-order valence-electron chi connectivity index (χ4n) is 3.41. The summed E-state index contributed by atoms with van der Waals surface area (Å²) in [5.74, 6) is -1.75. The second kappa shape index (κ2) is 12.8. The van der Waals surface area contributed by atoms with E-state index in [0.29, 0.717) is 6.04 Å². The van der Waals surface area contributed by atoms with Crippen molar-refractivity contribution < 1.29 is 47.3 Å². The zero-order chi connectivity index (χ0) is 24.7. The minimum Gasteiger partial charge on any atom is -0.449 e. The van der Waals surface area contributed by atoms with Gasteiger partial charge in [-0.3, -0.25) is 4.79 Å². The lowest BCUT2D eigenvalue weighted by molar-refractivity contribution is -0.153. The maximum Gasteiger partial charge on any atom is 0.344 e. The van der Waals surface area contributed by atoms with Crippen molar-refractivity contribution in [2.45, 2.75) is 76.7 Å². The van der Waals surface area contributed by atoms with Crippen molar-refractivity contribution in [1.82, 2.24) is 0 Å². The largest absolute Gasteiger partial charge is 0.449 e. The molecule has 1 heterocycles. The summed E-state index contributed by atoms with van der Waals surface area (Å²) in [7, 11) is -5.35. The Kier molecular flexibility index (Phi) is 11.8. The highest BCUT2D eigenvalue weighted by Gasteiger charge is 2.47. The summed E-state index contributed by atoms with van der Waals surface area (Å²) in [5, 5.41) is 29.0. The summed E-state index contributed by atoms with van der Waals surface area (Å²) in [6, 6.07) is 0.412. The number of ketones is 1. The van der Waals surface area contributed by atoms with Crippen molar-refractivity contribution in [1.29, 1.82) is 0 Å². The van der Waals surface area contributed by atoms with Crippen molar-refractivity contribution >= 4 is 37.7 Å². The van der Waals surface area contributed by atoms with Crippen molar-refractivity contribution in [3.8, 4) is 0 Å². The van der Waals surface area contributed by atoms with Crippen LogP contribution in [0.15, 0.2) is 0 Å². The molecular weight excluding hydrogens is 472 g/mol. The van der Waals surface area contributed by atoms with Gasteiger partial charge in [-0.05, 0) is 39.3 Å². The third-order valence-corrected chi connectivity index (χ3v) is 13.1. The van der Waals surface area contributed by atoms with Crippen LogP contribution in [0.3, 0.4) is 0 Å². The Morgan fingerprint density at radius 3 is 2.25 bits per heavy atom. The SMILES string of the molecule is CC(COCC(O)C[Si](C)(O[Si](C)C)O[Si](C)(C)C)COC1C(=O)OC(C(O)CO)C1=O. The van der Waals surface area contributed by atoms with Gasteiger partial charge in [0, 0.05) is 12.0 Å². The van der Waals surface area contributed by atoms with E-state index in [2.05, 4.69) is 19.6 Å². The van der Waals surface area contributed by atoms with Gasteiger partial charge in [-0.25, -0.2) is 4.79 Å². The van der Waals surface area contributed by atoms with Crippen LogP contribution in [-0.2, 0) is 32.0 Å². The van der Waals surface area contributed by atoms with Crippen LogP contribution in [0.1, 0.15) is 6.92 Å². The van der Waals surface area contributed by atoms with Crippen molar-refractivity contribution in [3.05, 3.63) is 0 Å². The topological polar surface area (TPSA) is 141 Å². The lowest BCUT2D eigenvalue weighted by atomic mass is 10.1. The first-order valence-corrected chi connectivity index (χ1v) is 19.1. The molecule has 6 unspecified atom stereocenters. The van der Waals surface area contributed by atoms with E-state index >= 15 is 0 Å². The highest BCUT2D eigenvalue weighted by molar-refractivity contribution is 6.84. The third kappa shape index (κ3) is 10.2. The van der Waals surface area contributed by atoms with E-state index in [1.807, 2.05) is 26.6 Å². The molecule has 0 bridgehead atoms. The number of aliphatic hydroxyl groups excluding tert-OH is 3. The van der Waals surface area contributed by atoms with E-state index in [1.165, 1.54) is 0 Å². The predicted molar refractivity (Wildman–Crippen MR) is 123 cm³/mol. The monoisotopic (exact) mass is 511 g/mol. The Morgan fingerprint density at radius 1 is 1.09 bits per heavy atom. The average Bonchev–Trinajstić information content (AvgIpc) is 2.90. The molecule has 1 rings (SSSR count). The fraction of sp³-hybridized carbons (Fsp3) is 0.895. The van der Waals surface area contributed by atoms with Crippen LogP contribution in [0.2, 0.25) is 45.3 Å². The van der Waals surface area contributed by atoms with Crippen LogP contribution >= 0.6 is 0 Å². The second-order valence-electron chi connectivity index (χ2n) is 9.58. The lowest BCUT2D eigenvalue weighted by Crippen LogP contribution is -2.51. The fourth-order valence-corrected chi connectivity index (χ4v) is 14.2. The minimum atomic E-state index is -2.53. The van der Waals surface area contributed by atoms with E-state index < -0.39 is 68.7 Å². The number of ether oxygens (including phenoxy) is 3. The number of hydrogen-bond acceptors (Lipinski definition) is 10. The number of carbonyl (C=O) groups is 2. The molecule has 1 aliphatic rings. The molecule has 32 heavy (non-hydrogen) atoms. The van der Waals surface area contributed by atoms with Crippen molar-refractivity contribution in [2.24, 2.45) is 5.92 Å². The Hall–Kier alpha value is -0.489. The molecule has 0 spiro atoms. The maximum absolute atomic E-state index is 12.1. The van der Waals surface area contributed by atoms with Gasteiger partial charge in [-0.15, -0.1) is 0 Å². The molecule has 6 atom stereocenters. The maximum atomic E-state index is 12.1. The van der Waals surface area contributed by atoms with Crippen LogP contribution in [0, 0.1) is 5.92 Å². The zero-order valence-corrected chi connectivity index (χ0v) is 23.1. The van der Waals surface area contributed by atoms with E-state index in [9.17, 15) is 19.8 Å². The van der Waals surface area contributed by atoms with Gasteiger partial charge in [0.15, 0.2) is 23.5 Å². The zero-order valence-electron chi connectivity index (χ0n) is 20.1. The third-order valence-electron chi connectivity index (χ3n) is 4.34. The summed E-state index contributed by atoms with van der Waals surface area (Å²) < 4.78 is 28.3. The molecule has 10 nitrogen and oxygen atoms in total. The van der Waals surface area contributed by atoms with Gasteiger partial charge in [0.05, 0.1) is 32.5 Å². The molecule has 0 saturated carbocycles. The Bertz CT molecular complexity index is 615. The summed E-state index contributed by atoms with van der Waals surface area (Å²) >= 11 is 0. The van der Waals surface area contributed by atoms with Crippen LogP contribution < -0.4 is 0 Å². The van der Waals surface area contributed by atoms with E-state index in [1.54, 1.807) is 0 Å². The first kappa shape index (κ1) is 29.5. The average molecular weight is 512 g/mol. The second-order valence-corrected chi connectivity index (χ2v) is 19.9. The first-order chi connectivity index (χ1) is 14.7.